The summed E-state index contributed by atoms with van der Waals surface area (Å²) < 4.78 is 42.8. The number of allylic oxidation sites excluding steroid dienone is 1. The lowest BCUT2D eigenvalue weighted by Gasteiger charge is -2.52. The second-order valence-corrected chi connectivity index (χ2v) is 27.9. The van der Waals surface area contributed by atoms with E-state index < -0.39 is 31.2 Å². The van der Waals surface area contributed by atoms with E-state index in [0.717, 1.165) is 12.1 Å². The molecule has 0 amide bonds. The molecule has 0 N–H and O–H groups in total. The first-order chi connectivity index (χ1) is 19.2. The number of hydrogen-bond acceptors (Lipinski definition) is 5. The van der Waals surface area contributed by atoms with Gasteiger partial charge in [-0.3, -0.25) is 4.99 Å². The van der Waals surface area contributed by atoms with E-state index >= 15 is 8.42 Å². The van der Waals surface area contributed by atoms with Crippen molar-refractivity contribution in [2.75, 3.05) is 6.54 Å². The number of sulfone groups is 1. The number of aliphatic imine (C=N–C) groups is 1. The van der Waals surface area contributed by atoms with Crippen LogP contribution in [0.2, 0.25) is 34.8 Å². The average Bonchev–Trinajstić information content (AvgIpc) is 2.86. The Kier molecular flexibility index (Phi) is 10.6. The first kappa shape index (κ1) is 35.3. The maximum atomic E-state index is 15.0. The molecule has 0 unspecified atom stereocenters. The maximum absolute atomic E-state index is 15.0. The minimum Gasteiger partial charge on any atom is -0.547 e. The van der Waals surface area contributed by atoms with Crippen molar-refractivity contribution in [3.63, 3.8) is 0 Å². The topological polar surface area (TPSA) is 65.0 Å². The normalized spacial score (nSPS) is 25.9. The SMILES string of the molecule is C=C(C[C@@H]1C[C@@H](C)CC2=NC[C@H](O[Si](C(C)C)(C(C)C)C(C)C)C[C@@]21S(=O)(=O)c1ccccc1)O[Si](C)(C)C(C)(C)C. The highest BCUT2D eigenvalue weighted by molar-refractivity contribution is 7.93. The predicted molar refractivity (Wildman–Crippen MR) is 183 cm³/mol. The van der Waals surface area contributed by atoms with Gasteiger partial charge in [0.05, 0.1) is 23.3 Å². The molecule has 8 heteroatoms. The zero-order valence-corrected chi connectivity index (χ0v) is 31.4. The first-order valence-electron chi connectivity index (χ1n) is 16.1. The zero-order chi connectivity index (χ0) is 31.9. The van der Waals surface area contributed by atoms with Crippen LogP contribution in [0.15, 0.2) is 52.6 Å². The molecule has 0 saturated heterocycles. The molecule has 42 heavy (non-hydrogen) atoms. The van der Waals surface area contributed by atoms with E-state index in [0.29, 0.717) is 59.0 Å². The van der Waals surface area contributed by atoms with Gasteiger partial charge in [0.1, 0.15) is 4.75 Å². The van der Waals surface area contributed by atoms with E-state index in [2.05, 4.69) is 88.9 Å². The Morgan fingerprint density at radius 1 is 1.05 bits per heavy atom. The highest BCUT2D eigenvalue weighted by Crippen LogP contribution is 2.52. The van der Waals surface area contributed by atoms with Crippen molar-refractivity contribution in [2.45, 2.75) is 145 Å². The van der Waals surface area contributed by atoms with Crippen LogP contribution in [-0.2, 0) is 18.7 Å². The Morgan fingerprint density at radius 2 is 1.60 bits per heavy atom. The summed E-state index contributed by atoms with van der Waals surface area (Å²) in [4.78, 5) is 5.52. The minimum atomic E-state index is -3.80. The number of rotatable bonds is 11. The summed E-state index contributed by atoms with van der Waals surface area (Å²) in [5.41, 5.74) is 2.06. The molecule has 1 fully saturated rings. The molecule has 5 nitrogen and oxygen atoms in total. The highest BCUT2D eigenvalue weighted by atomic mass is 32.2. The smallest absolute Gasteiger partial charge is 0.250 e. The lowest BCUT2D eigenvalue weighted by Crippen LogP contribution is -2.62. The molecule has 1 aliphatic carbocycles. The molecule has 1 aromatic carbocycles. The van der Waals surface area contributed by atoms with Crippen LogP contribution in [0.1, 0.15) is 94.9 Å². The second kappa shape index (κ2) is 12.6. The highest BCUT2D eigenvalue weighted by Gasteiger charge is 2.60. The average molecular weight is 634 g/mol. The van der Waals surface area contributed by atoms with E-state index in [1.165, 1.54) is 0 Å². The van der Waals surface area contributed by atoms with Crippen LogP contribution in [0, 0.1) is 11.8 Å². The molecule has 4 atom stereocenters. The molecule has 1 aromatic rings. The largest absolute Gasteiger partial charge is 0.547 e. The Labute approximate surface area is 260 Å². The van der Waals surface area contributed by atoms with Crippen molar-refractivity contribution in [1.82, 2.24) is 0 Å². The summed E-state index contributed by atoms with van der Waals surface area (Å²) in [7, 11) is -8.20. The van der Waals surface area contributed by atoms with Gasteiger partial charge in [0, 0.05) is 12.1 Å². The Hall–Kier alpha value is -1.23. The van der Waals surface area contributed by atoms with E-state index in [4.69, 9.17) is 13.8 Å². The Morgan fingerprint density at radius 3 is 2.10 bits per heavy atom. The molecule has 0 spiro atoms. The summed E-state index contributed by atoms with van der Waals surface area (Å²) in [5.74, 6) is 0.851. The fraction of sp³-hybridized carbons (Fsp3) is 0.735. The van der Waals surface area contributed by atoms with Crippen LogP contribution in [0.4, 0.5) is 0 Å². The Balaban J connectivity index is 2.16. The van der Waals surface area contributed by atoms with Crippen LogP contribution < -0.4 is 0 Å². The fourth-order valence-corrected chi connectivity index (χ4v) is 16.8. The van der Waals surface area contributed by atoms with Crippen molar-refractivity contribution in [3.05, 3.63) is 42.7 Å². The maximum Gasteiger partial charge on any atom is 0.250 e. The number of benzene rings is 1. The molecular formula is C34H59NO4SSi2. The minimum absolute atomic E-state index is 0.0263. The molecular weight excluding hydrogens is 575 g/mol. The van der Waals surface area contributed by atoms with Crippen LogP contribution in [0.3, 0.4) is 0 Å². The fourth-order valence-electron chi connectivity index (χ4n) is 7.74. The summed E-state index contributed by atoms with van der Waals surface area (Å²) in [6.45, 7) is 32.0. The van der Waals surface area contributed by atoms with Crippen molar-refractivity contribution < 1.29 is 17.3 Å². The molecule has 1 heterocycles. The van der Waals surface area contributed by atoms with Gasteiger partial charge in [0.15, 0.2) is 9.84 Å². The molecule has 2 aliphatic rings. The van der Waals surface area contributed by atoms with Gasteiger partial charge in [-0.05, 0) is 78.0 Å². The predicted octanol–water partition coefficient (Wildman–Crippen LogP) is 9.58. The standard InChI is InChI=1S/C34H59NO4SSi2/c1-24(2)42(25(3)4,26(5)6)39-30-22-34(40(36,37)31-17-15-14-16-18-31)29(19-27(7)20-32(34)35-23-30)21-28(8)38-41(12,13)33(9,10)11/h14-18,24-27,29-30H,8,19-23H2,1-7,9-13H3/t27-,29+,30-,34+/m1/s1. The monoisotopic (exact) mass is 633 g/mol. The van der Waals surface area contributed by atoms with Crippen molar-refractivity contribution in [3.8, 4) is 0 Å². The van der Waals surface area contributed by atoms with E-state index in [-0.39, 0.29) is 17.1 Å². The lowest BCUT2D eigenvalue weighted by molar-refractivity contribution is 0.134. The number of fused-ring (bicyclic) bond motifs is 1. The van der Waals surface area contributed by atoms with Crippen molar-refractivity contribution >= 4 is 32.2 Å². The van der Waals surface area contributed by atoms with Crippen LogP contribution in [0.25, 0.3) is 0 Å². The van der Waals surface area contributed by atoms with E-state index in [1.54, 1.807) is 12.1 Å². The van der Waals surface area contributed by atoms with Gasteiger partial charge in [-0.25, -0.2) is 8.42 Å². The Bertz CT molecular complexity index is 1210. The van der Waals surface area contributed by atoms with E-state index in [9.17, 15) is 0 Å². The third-order valence-electron chi connectivity index (χ3n) is 10.7. The van der Waals surface area contributed by atoms with Crippen molar-refractivity contribution in [2.24, 2.45) is 16.8 Å². The quantitative estimate of drug-likeness (QED) is 0.180. The third kappa shape index (κ3) is 6.43. The molecule has 0 radical (unpaired) electrons. The molecule has 1 aliphatic heterocycles. The molecule has 238 valence electrons. The van der Waals surface area contributed by atoms with Gasteiger partial charge in [-0.15, -0.1) is 0 Å². The van der Waals surface area contributed by atoms with Crippen LogP contribution >= 0.6 is 0 Å². The van der Waals surface area contributed by atoms with Gasteiger partial charge >= 0.3 is 0 Å². The van der Waals surface area contributed by atoms with Gasteiger partial charge in [0.2, 0.25) is 16.6 Å². The van der Waals surface area contributed by atoms with E-state index in [1.807, 2.05) is 18.2 Å². The zero-order valence-electron chi connectivity index (χ0n) is 28.6. The van der Waals surface area contributed by atoms with Gasteiger partial charge in [-0.1, -0.05) is 94.0 Å². The number of hydrogen-bond donors (Lipinski definition) is 0. The number of nitrogens with zero attached hydrogens (tertiary/aromatic N) is 1. The molecule has 0 aromatic heterocycles. The van der Waals surface area contributed by atoms with Crippen LogP contribution in [-0.4, -0.2) is 48.2 Å². The van der Waals surface area contributed by atoms with Crippen molar-refractivity contribution in [1.29, 1.82) is 0 Å². The third-order valence-corrected chi connectivity index (χ3v) is 23.8. The van der Waals surface area contributed by atoms with Gasteiger partial charge in [-0.2, -0.15) is 0 Å². The van der Waals surface area contributed by atoms with Gasteiger partial charge < -0.3 is 8.85 Å². The second-order valence-electron chi connectivity index (χ2n) is 15.6. The molecule has 1 saturated carbocycles. The van der Waals surface area contributed by atoms with Gasteiger partial charge in [0.25, 0.3) is 0 Å². The first-order valence-corrected chi connectivity index (χ1v) is 22.6. The molecule has 3 rings (SSSR count). The summed E-state index contributed by atoms with van der Waals surface area (Å²) >= 11 is 0. The molecule has 0 bridgehead atoms. The lowest BCUT2D eigenvalue weighted by atomic mass is 9.68. The summed E-state index contributed by atoms with van der Waals surface area (Å²) in [5, 5.41) is 0.0263. The summed E-state index contributed by atoms with van der Waals surface area (Å²) in [6.07, 6.45) is 2.20. The van der Waals surface area contributed by atoms with Crippen LogP contribution in [0.5, 0.6) is 0 Å². The summed E-state index contributed by atoms with van der Waals surface area (Å²) in [6, 6.07) is 9.02.